The molecule has 2 aromatic rings. The molecule has 5 heteroatoms. The Balaban J connectivity index is 1.93. The summed E-state index contributed by atoms with van der Waals surface area (Å²) in [6.45, 7) is 0. The quantitative estimate of drug-likeness (QED) is 0.915. The standard InChI is InChI=1S/C13H11N3OS/c14-7-10-3-1-2-4-12(10)16-13(17)6-5-11-8-18-9-15-11/h1-4,8-9H,5-6H2,(H,16,17). The third-order valence-corrected chi connectivity index (χ3v) is 3.05. The summed E-state index contributed by atoms with van der Waals surface area (Å²) in [5.41, 5.74) is 3.70. The lowest BCUT2D eigenvalue weighted by atomic mass is 10.2. The van der Waals surface area contributed by atoms with E-state index in [0.717, 1.165) is 5.69 Å². The molecule has 0 radical (unpaired) electrons. The Bertz CT molecular complexity index is 572. The highest BCUT2D eigenvalue weighted by Gasteiger charge is 2.06. The zero-order valence-electron chi connectivity index (χ0n) is 9.59. The van der Waals surface area contributed by atoms with Crippen molar-refractivity contribution in [2.45, 2.75) is 12.8 Å². The second-order valence-electron chi connectivity index (χ2n) is 3.69. The number of carbonyl (C=O) groups is 1. The van der Waals surface area contributed by atoms with Crippen molar-refractivity contribution in [2.24, 2.45) is 0 Å². The molecule has 1 amide bonds. The van der Waals surface area contributed by atoms with Crippen LogP contribution >= 0.6 is 11.3 Å². The molecule has 18 heavy (non-hydrogen) atoms. The van der Waals surface area contributed by atoms with Gasteiger partial charge in [-0.1, -0.05) is 12.1 Å². The second kappa shape index (κ2) is 5.94. The third kappa shape index (κ3) is 3.15. The number of amides is 1. The summed E-state index contributed by atoms with van der Waals surface area (Å²) >= 11 is 1.52. The van der Waals surface area contributed by atoms with Crippen molar-refractivity contribution < 1.29 is 4.79 Å². The van der Waals surface area contributed by atoms with Crippen LogP contribution in [0.3, 0.4) is 0 Å². The van der Waals surface area contributed by atoms with Gasteiger partial charge in [-0.15, -0.1) is 11.3 Å². The van der Waals surface area contributed by atoms with E-state index in [4.69, 9.17) is 5.26 Å². The van der Waals surface area contributed by atoms with Crippen molar-refractivity contribution in [3.8, 4) is 6.07 Å². The summed E-state index contributed by atoms with van der Waals surface area (Å²) in [6.07, 6.45) is 0.980. The minimum absolute atomic E-state index is 0.106. The number of rotatable bonds is 4. The topological polar surface area (TPSA) is 65.8 Å². The van der Waals surface area contributed by atoms with Crippen LogP contribution in [0.5, 0.6) is 0 Å². The summed E-state index contributed by atoms with van der Waals surface area (Å²) in [4.78, 5) is 15.8. The van der Waals surface area contributed by atoms with Crippen LogP contribution in [0, 0.1) is 11.3 Å². The lowest BCUT2D eigenvalue weighted by Crippen LogP contribution is -2.13. The molecule has 0 fully saturated rings. The fourth-order valence-electron chi connectivity index (χ4n) is 1.50. The lowest BCUT2D eigenvalue weighted by molar-refractivity contribution is -0.116. The highest BCUT2D eigenvalue weighted by molar-refractivity contribution is 7.07. The SMILES string of the molecule is N#Cc1ccccc1NC(=O)CCc1cscn1. The first kappa shape index (κ1) is 12.3. The first-order valence-electron chi connectivity index (χ1n) is 5.45. The number of aromatic nitrogens is 1. The molecule has 0 atom stereocenters. The van der Waals surface area contributed by atoms with Crippen molar-refractivity contribution in [3.05, 3.63) is 46.4 Å². The number of thiazole rings is 1. The molecule has 0 saturated heterocycles. The van der Waals surface area contributed by atoms with Crippen molar-refractivity contribution in [1.82, 2.24) is 4.98 Å². The van der Waals surface area contributed by atoms with Crippen LogP contribution in [0.1, 0.15) is 17.7 Å². The predicted molar refractivity (Wildman–Crippen MR) is 70.2 cm³/mol. The van der Waals surface area contributed by atoms with Crippen LogP contribution in [-0.2, 0) is 11.2 Å². The highest BCUT2D eigenvalue weighted by Crippen LogP contribution is 2.14. The van der Waals surface area contributed by atoms with Crippen LogP contribution in [0.15, 0.2) is 35.2 Å². The first-order chi connectivity index (χ1) is 8.79. The number of nitrogens with zero attached hydrogens (tertiary/aromatic N) is 2. The molecule has 0 spiro atoms. The second-order valence-corrected chi connectivity index (χ2v) is 4.40. The number of carbonyl (C=O) groups excluding carboxylic acids is 1. The zero-order chi connectivity index (χ0) is 12.8. The van der Waals surface area contributed by atoms with E-state index in [0.29, 0.717) is 24.1 Å². The van der Waals surface area contributed by atoms with E-state index in [1.54, 1.807) is 29.8 Å². The fraction of sp³-hybridized carbons (Fsp3) is 0.154. The Labute approximate surface area is 109 Å². The molecule has 1 aromatic carbocycles. The van der Waals surface area contributed by atoms with E-state index in [-0.39, 0.29) is 5.91 Å². The molecular formula is C13H11N3OS. The largest absolute Gasteiger partial charge is 0.325 e. The predicted octanol–water partition coefficient (Wildman–Crippen LogP) is 2.59. The molecule has 0 saturated carbocycles. The molecule has 0 aliphatic rings. The van der Waals surface area contributed by atoms with Crippen LogP contribution in [0.4, 0.5) is 5.69 Å². The van der Waals surface area contributed by atoms with Crippen LogP contribution in [0.25, 0.3) is 0 Å². The summed E-state index contributed by atoms with van der Waals surface area (Å²) in [5.74, 6) is -0.106. The number of benzene rings is 1. The molecule has 1 heterocycles. The molecule has 4 nitrogen and oxygen atoms in total. The monoisotopic (exact) mass is 257 g/mol. The van der Waals surface area contributed by atoms with Gasteiger partial charge in [-0.25, -0.2) is 4.98 Å². The number of aryl methyl sites for hydroxylation is 1. The number of para-hydroxylation sites is 1. The summed E-state index contributed by atoms with van der Waals surface area (Å²) in [7, 11) is 0. The number of nitrogens with one attached hydrogen (secondary N) is 1. The minimum Gasteiger partial charge on any atom is -0.325 e. The maximum absolute atomic E-state index is 11.7. The van der Waals surface area contributed by atoms with Crippen LogP contribution in [0.2, 0.25) is 0 Å². The Morgan fingerprint density at radius 3 is 3.00 bits per heavy atom. The molecular weight excluding hydrogens is 246 g/mol. The summed E-state index contributed by atoms with van der Waals surface area (Å²) in [5, 5.41) is 13.6. The van der Waals surface area contributed by atoms with E-state index < -0.39 is 0 Å². The molecule has 1 aromatic heterocycles. The maximum atomic E-state index is 11.7. The normalized spacial score (nSPS) is 9.72. The van der Waals surface area contributed by atoms with Crippen LogP contribution in [-0.4, -0.2) is 10.9 Å². The Morgan fingerprint density at radius 2 is 2.28 bits per heavy atom. The van der Waals surface area contributed by atoms with Gasteiger partial charge in [-0.3, -0.25) is 4.79 Å². The van der Waals surface area contributed by atoms with Gasteiger partial charge in [-0.2, -0.15) is 5.26 Å². The summed E-state index contributed by atoms with van der Waals surface area (Å²) in [6, 6.07) is 9.00. The average molecular weight is 257 g/mol. The van der Waals surface area contributed by atoms with Gasteiger partial charge >= 0.3 is 0 Å². The zero-order valence-corrected chi connectivity index (χ0v) is 10.4. The van der Waals surface area contributed by atoms with Gasteiger partial charge in [0.25, 0.3) is 0 Å². The highest BCUT2D eigenvalue weighted by atomic mass is 32.1. The molecule has 0 bridgehead atoms. The van der Waals surface area contributed by atoms with Gasteiger partial charge in [0.05, 0.1) is 22.5 Å². The molecule has 1 N–H and O–H groups in total. The Hall–Kier alpha value is -2.19. The van der Waals surface area contributed by atoms with Gasteiger partial charge in [0, 0.05) is 11.8 Å². The minimum atomic E-state index is -0.106. The van der Waals surface area contributed by atoms with Crippen LogP contribution < -0.4 is 5.32 Å². The van der Waals surface area contributed by atoms with Crippen molar-refractivity contribution >= 4 is 22.9 Å². The van der Waals surface area contributed by atoms with E-state index in [2.05, 4.69) is 10.3 Å². The Morgan fingerprint density at radius 1 is 1.44 bits per heavy atom. The number of hydrogen-bond acceptors (Lipinski definition) is 4. The van der Waals surface area contributed by atoms with E-state index in [1.165, 1.54) is 11.3 Å². The van der Waals surface area contributed by atoms with E-state index in [9.17, 15) is 4.79 Å². The van der Waals surface area contributed by atoms with E-state index >= 15 is 0 Å². The third-order valence-electron chi connectivity index (χ3n) is 2.41. The molecule has 0 aliphatic heterocycles. The summed E-state index contributed by atoms with van der Waals surface area (Å²) < 4.78 is 0. The molecule has 0 aliphatic carbocycles. The fourth-order valence-corrected chi connectivity index (χ4v) is 2.10. The van der Waals surface area contributed by atoms with Gasteiger partial charge in [0.1, 0.15) is 6.07 Å². The van der Waals surface area contributed by atoms with E-state index in [1.807, 2.05) is 11.4 Å². The number of nitriles is 1. The molecule has 90 valence electrons. The molecule has 2 rings (SSSR count). The van der Waals surface area contributed by atoms with Crippen molar-refractivity contribution in [2.75, 3.05) is 5.32 Å². The molecule has 0 unspecified atom stereocenters. The van der Waals surface area contributed by atoms with Crippen molar-refractivity contribution in [1.29, 1.82) is 5.26 Å². The Kier molecular flexibility index (Phi) is 4.05. The van der Waals surface area contributed by atoms with Gasteiger partial charge in [0.2, 0.25) is 5.91 Å². The van der Waals surface area contributed by atoms with Gasteiger partial charge in [0.15, 0.2) is 0 Å². The van der Waals surface area contributed by atoms with Gasteiger partial charge in [-0.05, 0) is 18.6 Å². The first-order valence-corrected chi connectivity index (χ1v) is 6.40. The number of hydrogen-bond donors (Lipinski definition) is 1. The average Bonchev–Trinajstić information content (AvgIpc) is 2.90. The van der Waals surface area contributed by atoms with Crippen molar-refractivity contribution in [3.63, 3.8) is 0 Å². The maximum Gasteiger partial charge on any atom is 0.224 e. The van der Waals surface area contributed by atoms with Gasteiger partial charge < -0.3 is 5.32 Å². The number of anilines is 1. The lowest BCUT2D eigenvalue weighted by Gasteiger charge is -2.05. The smallest absolute Gasteiger partial charge is 0.224 e.